The van der Waals surface area contributed by atoms with Gasteiger partial charge < -0.3 is 14.7 Å². The lowest BCUT2D eigenvalue weighted by atomic mass is 9.33. The van der Waals surface area contributed by atoms with Crippen LogP contribution in [0.4, 0.5) is 50.5 Å². The minimum Gasteiger partial charge on any atom is -0.311 e. The van der Waals surface area contributed by atoms with Gasteiger partial charge in [-0.25, -0.2) is 0 Å². The van der Waals surface area contributed by atoms with Crippen LogP contribution in [0.1, 0.15) is 132 Å². The predicted molar refractivity (Wildman–Crippen MR) is 355 cm³/mol. The molecule has 0 unspecified atom stereocenters. The number of nitrogens with zero attached hydrogens (tertiary/aromatic N) is 3. The summed E-state index contributed by atoms with van der Waals surface area (Å²) in [5.41, 5.74) is 24.4. The lowest BCUT2D eigenvalue weighted by Gasteiger charge is -2.44. The fourth-order valence-electron chi connectivity index (χ4n) is 12.3. The van der Waals surface area contributed by atoms with Crippen molar-refractivity contribution in [3.8, 4) is 22.3 Å². The fraction of sp³-hybridized carbons (Fsp3) is 0.263. The molecule has 10 aromatic rings. The molecule has 12 rings (SSSR count). The Labute approximate surface area is 488 Å². The number of hydrogen-bond donors (Lipinski definition) is 0. The monoisotopic (exact) mass is 1080 g/mol. The van der Waals surface area contributed by atoms with Crippen LogP contribution >= 0.6 is 11.3 Å². The molecule has 0 N–H and O–H groups in total. The van der Waals surface area contributed by atoms with E-state index in [2.05, 4.69) is 319 Å². The molecule has 0 atom stereocenters. The smallest absolute Gasteiger partial charge is 0.254 e. The van der Waals surface area contributed by atoms with Gasteiger partial charge in [-0.2, -0.15) is 0 Å². The van der Waals surface area contributed by atoms with Crippen LogP contribution in [0.5, 0.6) is 0 Å². The van der Waals surface area contributed by atoms with E-state index in [1.165, 1.54) is 98.6 Å². The summed E-state index contributed by atoms with van der Waals surface area (Å²) in [7, 11) is 0. The maximum Gasteiger partial charge on any atom is 0.254 e. The summed E-state index contributed by atoms with van der Waals surface area (Å²) in [4.78, 5) is 7.76. The van der Waals surface area contributed by atoms with Crippen LogP contribution in [-0.2, 0) is 27.1 Å². The van der Waals surface area contributed by atoms with Crippen LogP contribution in [0.25, 0.3) is 32.3 Å². The van der Waals surface area contributed by atoms with E-state index >= 15 is 0 Å². The Hall–Kier alpha value is -7.60. The third kappa shape index (κ3) is 9.80. The zero-order valence-corrected chi connectivity index (χ0v) is 51.2. The standard InChI is InChI=1S/C76H78BN3S/c1-72(2,3)52-26-35-57(36-27-52)78(58-37-28-53(29-38-58)73(4,5)6)64-48-65-63(47-61(64)50-24-20-17-21-25-50)77-69-62-46-56(76(13,14)15)34-43-68(62)81-71(69)80(60-41-32-55(33-42-60)75(10,11)12)67-45-51(49-22-18-16-19-23-49)44-66(70(67)77)79(65)59-39-30-54(31-40-59)74(7,8)9/h16-48H,1-15H3. The number of anilines is 9. The molecule has 2 aliphatic heterocycles. The summed E-state index contributed by atoms with van der Waals surface area (Å²) in [6.07, 6.45) is 0. The highest BCUT2D eigenvalue weighted by Gasteiger charge is 2.47. The molecule has 0 amide bonds. The largest absolute Gasteiger partial charge is 0.311 e. The van der Waals surface area contributed by atoms with Crippen LogP contribution in [0.3, 0.4) is 0 Å². The quantitative estimate of drug-likeness (QED) is 0.147. The minimum atomic E-state index is -0.119. The molecule has 0 radical (unpaired) electrons. The molecule has 0 saturated heterocycles. The molecule has 0 bridgehead atoms. The van der Waals surface area contributed by atoms with Crippen LogP contribution in [0.2, 0.25) is 0 Å². The molecule has 406 valence electrons. The Morgan fingerprint density at radius 1 is 0.358 bits per heavy atom. The second kappa shape index (κ2) is 19.6. The zero-order valence-electron chi connectivity index (χ0n) is 50.4. The highest BCUT2D eigenvalue weighted by molar-refractivity contribution is 7.26. The number of benzene rings is 9. The van der Waals surface area contributed by atoms with E-state index in [0.29, 0.717) is 0 Å². The summed E-state index contributed by atoms with van der Waals surface area (Å²) in [5, 5.41) is 2.60. The molecule has 3 nitrogen and oxygen atoms in total. The molecule has 0 aliphatic carbocycles. The van der Waals surface area contributed by atoms with Crippen molar-refractivity contribution in [1.29, 1.82) is 0 Å². The zero-order chi connectivity index (χ0) is 57.1. The van der Waals surface area contributed by atoms with Gasteiger partial charge in [-0.15, -0.1) is 11.3 Å². The first-order valence-electron chi connectivity index (χ1n) is 29.2. The molecule has 5 heteroatoms. The molecule has 0 fully saturated rings. The molecule has 0 spiro atoms. The summed E-state index contributed by atoms with van der Waals surface area (Å²) in [6.45, 7) is 34.6. The summed E-state index contributed by atoms with van der Waals surface area (Å²) in [5.74, 6) is 0. The average molecular weight is 1080 g/mol. The van der Waals surface area contributed by atoms with E-state index in [0.717, 1.165) is 28.4 Å². The van der Waals surface area contributed by atoms with E-state index in [4.69, 9.17) is 0 Å². The Morgan fingerprint density at radius 2 is 0.778 bits per heavy atom. The van der Waals surface area contributed by atoms with Crippen molar-refractivity contribution in [2.45, 2.75) is 131 Å². The second-order valence-corrected chi connectivity index (χ2v) is 29.0. The normalized spacial score (nSPS) is 13.5. The van der Waals surface area contributed by atoms with E-state index in [1.54, 1.807) is 0 Å². The van der Waals surface area contributed by atoms with Gasteiger partial charge in [-0.05, 0) is 166 Å². The average Bonchev–Trinajstić information content (AvgIpc) is 3.85. The van der Waals surface area contributed by atoms with E-state index in [1.807, 2.05) is 11.3 Å². The van der Waals surface area contributed by atoms with E-state index in [-0.39, 0.29) is 33.8 Å². The van der Waals surface area contributed by atoms with Crippen molar-refractivity contribution in [2.75, 3.05) is 14.7 Å². The molecule has 0 saturated carbocycles. The lowest BCUT2D eigenvalue weighted by Crippen LogP contribution is -2.61. The predicted octanol–water partition coefficient (Wildman–Crippen LogP) is 20.3. The Morgan fingerprint density at radius 3 is 1.25 bits per heavy atom. The molecular weight excluding hydrogens is 998 g/mol. The van der Waals surface area contributed by atoms with Gasteiger partial charge in [0.05, 0.1) is 10.7 Å². The third-order valence-corrected chi connectivity index (χ3v) is 18.2. The molecule has 3 heterocycles. The highest BCUT2D eigenvalue weighted by atomic mass is 32.1. The maximum absolute atomic E-state index is 2.62. The van der Waals surface area contributed by atoms with Crippen LogP contribution < -0.4 is 31.1 Å². The molecule has 81 heavy (non-hydrogen) atoms. The number of hydrogen-bond acceptors (Lipinski definition) is 4. The Bertz CT molecular complexity index is 3910. The van der Waals surface area contributed by atoms with Gasteiger partial charge in [0, 0.05) is 50.1 Å². The van der Waals surface area contributed by atoms with Crippen molar-refractivity contribution in [1.82, 2.24) is 0 Å². The second-order valence-electron chi connectivity index (χ2n) is 28.0. The number of rotatable bonds is 7. The third-order valence-electron chi connectivity index (χ3n) is 17.1. The van der Waals surface area contributed by atoms with Crippen molar-refractivity contribution in [3.63, 3.8) is 0 Å². The van der Waals surface area contributed by atoms with E-state index < -0.39 is 0 Å². The van der Waals surface area contributed by atoms with Gasteiger partial charge in [-0.3, -0.25) is 0 Å². The Kier molecular flexibility index (Phi) is 13.0. The van der Waals surface area contributed by atoms with Crippen molar-refractivity contribution in [3.05, 3.63) is 228 Å². The lowest BCUT2D eigenvalue weighted by molar-refractivity contribution is 0.590. The molecule has 1 aromatic heterocycles. The first-order chi connectivity index (χ1) is 38.3. The topological polar surface area (TPSA) is 9.72 Å². The summed E-state index contributed by atoms with van der Waals surface area (Å²) in [6, 6.07) is 77.2. The van der Waals surface area contributed by atoms with Gasteiger partial charge in [-0.1, -0.05) is 231 Å². The molecule has 9 aromatic carbocycles. The maximum atomic E-state index is 2.62. The fourth-order valence-corrected chi connectivity index (χ4v) is 13.5. The highest BCUT2D eigenvalue weighted by Crippen LogP contribution is 2.52. The van der Waals surface area contributed by atoms with Gasteiger partial charge >= 0.3 is 0 Å². The summed E-state index contributed by atoms with van der Waals surface area (Å²) < 4.78 is 1.30. The van der Waals surface area contributed by atoms with Crippen LogP contribution in [0.15, 0.2) is 200 Å². The van der Waals surface area contributed by atoms with Gasteiger partial charge in [0.2, 0.25) is 0 Å². The van der Waals surface area contributed by atoms with Gasteiger partial charge in [0.1, 0.15) is 0 Å². The minimum absolute atomic E-state index is 0.00357. The van der Waals surface area contributed by atoms with Crippen LogP contribution in [0, 0.1) is 0 Å². The van der Waals surface area contributed by atoms with Crippen molar-refractivity contribution >= 4 is 95.0 Å². The number of thiophene rings is 1. The van der Waals surface area contributed by atoms with Crippen molar-refractivity contribution in [2.24, 2.45) is 0 Å². The first kappa shape index (κ1) is 54.0. The number of fused-ring (bicyclic) bond motifs is 6. The Balaban J connectivity index is 1.24. The molecular formula is C76H78BN3S. The molecule has 2 aliphatic rings. The van der Waals surface area contributed by atoms with Crippen molar-refractivity contribution < 1.29 is 0 Å². The summed E-state index contributed by atoms with van der Waals surface area (Å²) >= 11 is 1.93. The first-order valence-corrected chi connectivity index (χ1v) is 30.0. The van der Waals surface area contributed by atoms with Gasteiger partial charge in [0.25, 0.3) is 6.71 Å². The van der Waals surface area contributed by atoms with Crippen LogP contribution in [-0.4, -0.2) is 6.71 Å². The van der Waals surface area contributed by atoms with E-state index in [9.17, 15) is 0 Å². The SMILES string of the molecule is CC(C)(C)c1ccc(N(c2ccc(C(C)(C)C)cc2)c2cc3c(cc2-c2ccccc2)B2c4c(cc(-c5ccccc5)cc4N(c4ccc(C(C)(C)C)cc4)c4sc5ccc(C(C)(C)C)cc5c42)N3c2ccc(C(C)(C)C)cc2)cc1. The van der Waals surface area contributed by atoms with Gasteiger partial charge in [0.15, 0.2) is 0 Å².